The Hall–Kier alpha value is -2.76. The van der Waals surface area contributed by atoms with E-state index in [0.717, 1.165) is 0 Å². The maximum atomic E-state index is 12.0. The van der Waals surface area contributed by atoms with E-state index < -0.39 is 17.3 Å². The highest BCUT2D eigenvalue weighted by Crippen LogP contribution is 2.23. The Labute approximate surface area is 108 Å². The third-order valence-electron chi connectivity index (χ3n) is 2.68. The van der Waals surface area contributed by atoms with Crippen molar-refractivity contribution in [3.05, 3.63) is 52.8 Å². The zero-order chi connectivity index (χ0) is 14.0. The number of hydrogen-bond donors (Lipinski definition) is 3. The topological polar surface area (TPSA) is 91.6 Å². The molecule has 0 saturated carbocycles. The number of amides is 1. The van der Waals surface area contributed by atoms with E-state index in [0.29, 0.717) is 0 Å². The molecule has 0 fully saturated rings. The van der Waals surface area contributed by atoms with E-state index in [-0.39, 0.29) is 27.6 Å². The van der Waals surface area contributed by atoms with E-state index in [1.807, 2.05) is 0 Å². The van der Waals surface area contributed by atoms with Gasteiger partial charge in [-0.2, -0.15) is 0 Å². The smallest absolute Gasteiger partial charge is 0.294 e. The molecule has 2 aromatic rings. The number of carbonyl (C=O) groups is 1. The van der Waals surface area contributed by atoms with E-state index in [4.69, 9.17) is 0 Å². The molecule has 1 aromatic carbocycles. The summed E-state index contributed by atoms with van der Waals surface area (Å²) in [6, 6.07) is 6.23. The molecule has 0 aliphatic heterocycles. The second kappa shape index (κ2) is 4.85. The third-order valence-corrected chi connectivity index (χ3v) is 2.68. The molecule has 6 heteroatoms. The predicted molar refractivity (Wildman–Crippen MR) is 69.6 cm³/mol. The fourth-order valence-corrected chi connectivity index (χ4v) is 1.80. The zero-order valence-electron chi connectivity index (χ0n) is 9.96. The number of aromatic nitrogens is 1. The lowest BCUT2D eigenvalue weighted by atomic mass is 10.1. The first-order valence-corrected chi connectivity index (χ1v) is 5.53. The summed E-state index contributed by atoms with van der Waals surface area (Å²) in [5.41, 5.74) is -0.937. The fourth-order valence-electron chi connectivity index (χ4n) is 1.80. The average Bonchev–Trinajstić information content (AvgIpc) is 2.43. The molecule has 0 saturated heterocycles. The predicted octanol–water partition coefficient (Wildman–Crippen LogP) is 0.860. The van der Waals surface area contributed by atoms with Gasteiger partial charge in [0.05, 0.1) is 5.39 Å². The van der Waals surface area contributed by atoms with Crippen LogP contribution in [0.15, 0.2) is 41.7 Å². The van der Waals surface area contributed by atoms with Gasteiger partial charge >= 0.3 is 0 Å². The lowest BCUT2D eigenvalue weighted by Gasteiger charge is -2.10. The molecule has 1 heterocycles. The molecular weight excluding hydrogens is 248 g/mol. The number of nitrogens with one attached hydrogen (secondary N) is 1. The molecule has 0 atom stereocenters. The average molecular weight is 260 g/mol. The summed E-state index contributed by atoms with van der Waals surface area (Å²) in [5.74, 6) is -1.39. The number of rotatable bonds is 3. The van der Waals surface area contributed by atoms with Crippen molar-refractivity contribution >= 4 is 16.7 Å². The van der Waals surface area contributed by atoms with Gasteiger partial charge in [0.1, 0.15) is 5.56 Å². The summed E-state index contributed by atoms with van der Waals surface area (Å²) in [5, 5.41) is 22.2. The Morgan fingerprint density at radius 1 is 1.37 bits per heavy atom. The molecule has 0 aliphatic carbocycles. The minimum Gasteiger partial charge on any atom is -0.492 e. The van der Waals surface area contributed by atoms with Gasteiger partial charge in [-0.15, -0.1) is 11.3 Å². The van der Waals surface area contributed by atoms with Gasteiger partial charge in [-0.05, 0) is 6.07 Å². The van der Waals surface area contributed by atoms with Crippen LogP contribution in [0.1, 0.15) is 10.4 Å². The molecule has 0 bridgehead atoms. The largest absolute Gasteiger partial charge is 0.492 e. The van der Waals surface area contributed by atoms with Crippen molar-refractivity contribution in [2.24, 2.45) is 0 Å². The molecule has 0 unspecified atom stereocenters. The van der Waals surface area contributed by atoms with E-state index in [9.17, 15) is 19.9 Å². The Morgan fingerprint density at radius 3 is 2.63 bits per heavy atom. The summed E-state index contributed by atoms with van der Waals surface area (Å²) in [7, 11) is 0. The van der Waals surface area contributed by atoms with Crippen LogP contribution in [0.2, 0.25) is 0 Å². The second-order valence-electron chi connectivity index (χ2n) is 3.86. The summed E-state index contributed by atoms with van der Waals surface area (Å²) in [6.45, 7) is 3.67. The summed E-state index contributed by atoms with van der Waals surface area (Å²) < 4.78 is 0.0607. The number of carbonyl (C=O) groups excluding carboxylic acids is 1. The number of pyridine rings is 1. The molecule has 19 heavy (non-hydrogen) atoms. The molecule has 1 aromatic heterocycles. The minimum absolute atomic E-state index is 0.0607. The van der Waals surface area contributed by atoms with Crippen LogP contribution in [0.5, 0.6) is 5.88 Å². The standard InChI is InChI=1S/C13H12N2O4/c1-2-7-14-11(16)10-8-5-3-4-6-9(8)12(17)15(19)13(10)18/h2-6,18-19H,1,7H2,(H,14,16). The number of nitrogens with zero attached hydrogens (tertiary/aromatic N) is 1. The zero-order valence-corrected chi connectivity index (χ0v) is 9.96. The van der Waals surface area contributed by atoms with Crippen molar-refractivity contribution in [3.63, 3.8) is 0 Å². The van der Waals surface area contributed by atoms with Crippen molar-refractivity contribution in [3.8, 4) is 5.88 Å². The van der Waals surface area contributed by atoms with Crippen LogP contribution in [0.25, 0.3) is 10.8 Å². The first-order valence-electron chi connectivity index (χ1n) is 5.53. The van der Waals surface area contributed by atoms with Crippen LogP contribution in [0.4, 0.5) is 0 Å². The summed E-state index contributed by atoms with van der Waals surface area (Å²) >= 11 is 0. The Kier molecular flexibility index (Phi) is 3.24. The van der Waals surface area contributed by atoms with Gasteiger partial charge in [0, 0.05) is 11.9 Å². The molecule has 98 valence electrons. The van der Waals surface area contributed by atoms with Gasteiger partial charge < -0.3 is 15.6 Å². The van der Waals surface area contributed by atoms with E-state index in [1.165, 1.54) is 18.2 Å². The maximum absolute atomic E-state index is 12.0. The molecule has 3 N–H and O–H groups in total. The van der Waals surface area contributed by atoms with Crippen molar-refractivity contribution in [1.82, 2.24) is 10.0 Å². The molecule has 0 aliphatic rings. The highest BCUT2D eigenvalue weighted by atomic mass is 16.5. The van der Waals surface area contributed by atoms with E-state index >= 15 is 0 Å². The number of aromatic hydroxyl groups is 1. The first-order chi connectivity index (χ1) is 9.07. The van der Waals surface area contributed by atoms with Crippen LogP contribution < -0.4 is 10.9 Å². The lowest BCUT2D eigenvalue weighted by Crippen LogP contribution is -2.27. The van der Waals surface area contributed by atoms with Gasteiger partial charge in [-0.1, -0.05) is 24.3 Å². The molecule has 0 radical (unpaired) electrons. The van der Waals surface area contributed by atoms with Crippen molar-refractivity contribution < 1.29 is 15.1 Å². The number of fused-ring (bicyclic) bond motifs is 1. The molecule has 1 amide bonds. The minimum atomic E-state index is -0.787. The fraction of sp³-hybridized carbons (Fsp3) is 0.0769. The van der Waals surface area contributed by atoms with Crippen LogP contribution in [0, 0.1) is 0 Å². The Balaban J connectivity index is 2.75. The first kappa shape index (κ1) is 12.7. The van der Waals surface area contributed by atoms with Gasteiger partial charge in [0.25, 0.3) is 11.5 Å². The van der Waals surface area contributed by atoms with Crippen LogP contribution in [-0.2, 0) is 0 Å². The summed E-state index contributed by atoms with van der Waals surface area (Å²) in [4.78, 5) is 23.7. The third kappa shape index (κ3) is 2.03. The Bertz CT molecular complexity index is 718. The number of benzene rings is 1. The lowest BCUT2D eigenvalue weighted by molar-refractivity contribution is 0.0942. The van der Waals surface area contributed by atoms with Crippen molar-refractivity contribution in [2.75, 3.05) is 6.54 Å². The Morgan fingerprint density at radius 2 is 2.00 bits per heavy atom. The summed E-state index contributed by atoms with van der Waals surface area (Å²) in [6.07, 6.45) is 1.48. The maximum Gasteiger partial charge on any atom is 0.294 e. The van der Waals surface area contributed by atoms with Crippen LogP contribution in [0.3, 0.4) is 0 Å². The SMILES string of the molecule is C=CCNC(=O)c1c(O)n(O)c(=O)c2ccccc12. The highest BCUT2D eigenvalue weighted by molar-refractivity contribution is 6.08. The van der Waals surface area contributed by atoms with E-state index in [2.05, 4.69) is 11.9 Å². The highest BCUT2D eigenvalue weighted by Gasteiger charge is 2.20. The van der Waals surface area contributed by atoms with Crippen molar-refractivity contribution in [1.29, 1.82) is 0 Å². The van der Waals surface area contributed by atoms with Gasteiger partial charge in [0.2, 0.25) is 5.88 Å². The molecule has 2 rings (SSSR count). The van der Waals surface area contributed by atoms with Crippen molar-refractivity contribution in [2.45, 2.75) is 0 Å². The second-order valence-corrected chi connectivity index (χ2v) is 3.86. The molecule has 0 spiro atoms. The van der Waals surface area contributed by atoms with Crippen LogP contribution >= 0.6 is 0 Å². The van der Waals surface area contributed by atoms with Gasteiger partial charge in [-0.3, -0.25) is 9.59 Å². The number of hydrogen-bond acceptors (Lipinski definition) is 4. The van der Waals surface area contributed by atoms with Crippen LogP contribution in [-0.4, -0.2) is 27.5 Å². The van der Waals surface area contributed by atoms with E-state index in [1.54, 1.807) is 12.1 Å². The van der Waals surface area contributed by atoms with Gasteiger partial charge in [-0.25, -0.2) is 0 Å². The molecule has 6 nitrogen and oxygen atoms in total. The molecular formula is C13H12N2O4. The normalized spacial score (nSPS) is 10.3. The monoisotopic (exact) mass is 260 g/mol. The van der Waals surface area contributed by atoms with Gasteiger partial charge in [0.15, 0.2) is 0 Å². The quantitative estimate of drug-likeness (QED) is 0.564.